The number of carbonyl (C=O) groups is 1. The second kappa shape index (κ2) is 6.60. The zero-order chi connectivity index (χ0) is 15.6. The van der Waals surface area contributed by atoms with Crippen LogP contribution in [0.2, 0.25) is 0 Å². The van der Waals surface area contributed by atoms with Crippen molar-refractivity contribution in [1.29, 1.82) is 0 Å². The largest absolute Gasteiger partial charge is 0.465 e. The fourth-order valence-corrected chi connectivity index (χ4v) is 4.87. The fourth-order valence-electron chi connectivity index (χ4n) is 2.94. The van der Waals surface area contributed by atoms with E-state index in [0.717, 1.165) is 0 Å². The molecule has 21 heavy (non-hydrogen) atoms. The quantitative estimate of drug-likeness (QED) is 0.735. The van der Waals surface area contributed by atoms with Crippen LogP contribution in [-0.4, -0.2) is 66.5 Å². The summed E-state index contributed by atoms with van der Waals surface area (Å²) in [6.45, 7) is 4.71. The minimum atomic E-state index is -3.68. The second-order valence-corrected chi connectivity index (χ2v) is 7.60. The first kappa shape index (κ1) is 16.7. The van der Waals surface area contributed by atoms with Crippen LogP contribution >= 0.6 is 0 Å². The van der Waals surface area contributed by atoms with E-state index in [4.69, 9.17) is 4.74 Å². The molecule has 3 atom stereocenters. The molecule has 1 N–H and O–H groups in total. The van der Waals surface area contributed by atoms with E-state index in [1.165, 1.54) is 8.61 Å². The number of hydrogen-bond donors (Lipinski definition) is 1. The van der Waals surface area contributed by atoms with E-state index in [-0.39, 0.29) is 19.1 Å². The molecule has 2 fully saturated rings. The molecule has 2 aliphatic heterocycles. The van der Waals surface area contributed by atoms with E-state index in [0.29, 0.717) is 32.4 Å². The van der Waals surface area contributed by atoms with Crippen molar-refractivity contribution in [2.75, 3.05) is 26.2 Å². The average Bonchev–Trinajstić information content (AvgIpc) is 2.92. The number of hydrogen-bond acceptors (Lipinski definition) is 5. The molecule has 0 bridgehead atoms. The molecule has 122 valence electrons. The van der Waals surface area contributed by atoms with Gasteiger partial charge in [0.05, 0.1) is 12.7 Å². The maximum absolute atomic E-state index is 12.7. The van der Waals surface area contributed by atoms with Gasteiger partial charge < -0.3 is 9.84 Å². The summed E-state index contributed by atoms with van der Waals surface area (Å²) in [5, 5.41) is 9.73. The molecule has 2 heterocycles. The van der Waals surface area contributed by atoms with Crippen LogP contribution < -0.4 is 0 Å². The highest BCUT2D eigenvalue weighted by molar-refractivity contribution is 7.86. The lowest BCUT2D eigenvalue weighted by atomic mass is 9.99. The van der Waals surface area contributed by atoms with Crippen molar-refractivity contribution >= 4 is 16.2 Å². The number of carbonyl (C=O) groups excluding carboxylic acids is 1. The molecular weight excluding hydrogens is 296 g/mol. The first-order valence-electron chi connectivity index (χ1n) is 7.49. The monoisotopic (exact) mass is 320 g/mol. The molecular formula is C13H24N2O5S. The summed E-state index contributed by atoms with van der Waals surface area (Å²) in [5.41, 5.74) is 0. The van der Waals surface area contributed by atoms with Crippen LogP contribution in [0.4, 0.5) is 0 Å². The van der Waals surface area contributed by atoms with E-state index in [1.807, 2.05) is 6.92 Å². The lowest BCUT2D eigenvalue weighted by Crippen LogP contribution is -2.53. The van der Waals surface area contributed by atoms with E-state index < -0.39 is 28.3 Å². The van der Waals surface area contributed by atoms with Gasteiger partial charge in [-0.2, -0.15) is 17.0 Å². The molecule has 3 unspecified atom stereocenters. The fraction of sp³-hybridized carbons (Fsp3) is 0.923. The van der Waals surface area contributed by atoms with Crippen LogP contribution in [0.5, 0.6) is 0 Å². The topological polar surface area (TPSA) is 87.2 Å². The van der Waals surface area contributed by atoms with Crippen LogP contribution in [0.25, 0.3) is 0 Å². The molecule has 7 nitrogen and oxygen atoms in total. The normalized spacial score (nSPS) is 32.2. The van der Waals surface area contributed by atoms with Gasteiger partial charge in [0.15, 0.2) is 0 Å². The second-order valence-electron chi connectivity index (χ2n) is 5.72. The Labute approximate surface area is 126 Å². The summed E-state index contributed by atoms with van der Waals surface area (Å²) in [6, 6.07) is -0.711. The van der Waals surface area contributed by atoms with Gasteiger partial charge in [-0.05, 0) is 32.1 Å². The highest BCUT2D eigenvalue weighted by Gasteiger charge is 2.43. The van der Waals surface area contributed by atoms with Crippen molar-refractivity contribution in [2.24, 2.45) is 5.92 Å². The van der Waals surface area contributed by atoms with Crippen molar-refractivity contribution in [3.05, 3.63) is 0 Å². The molecule has 0 aromatic heterocycles. The van der Waals surface area contributed by atoms with Crippen LogP contribution in [0.15, 0.2) is 0 Å². The molecule has 2 rings (SSSR count). The Morgan fingerprint density at radius 1 is 1.33 bits per heavy atom. The number of ether oxygens (including phenoxy) is 1. The third-order valence-corrected chi connectivity index (χ3v) is 6.22. The third-order valence-electron chi connectivity index (χ3n) is 4.21. The van der Waals surface area contributed by atoms with Crippen molar-refractivity contribution in [3.63, 3.8) is 0 Å². The standard InChI is InChI=1S/C13H24N2O5S/c1-3-20-13(17)11-5-4-7-15(11)21(18,19)14-8-6-12(16)10(2)9-14/h10-12,16H,3-9H2,1-2H3. The Bertz CT molecular complexity index is 481. The van der Waals surface area contributed by atoms with Crippen molar-refractivity contribution < 1.29 is 23.1 Å². The van der Waals surface area contributed by atoms with Crippen molar-refractivity contribution in [1.82, 2.24) is 8.61 Å². The first-order valence-corrected chi connectivity index (χ1v) is 8.89. The van der Waals surface area contributed by atoms with Crippen molar-refractivity contribution in [2.45, 2.75) is 45.3 Å². The van der Waals surface area contributed by atoms with Crippen molar-refractivity contribution in [3.8, 4) is 0 Å². The Kier molecular flexibility index (Phi) is 5.24. The third kappa shape index (κ3) is 3.39. The van der Waals surface area contributed by atoms with Crippen LogP contribution in [0, 0.1) is 5.92 Å². The van der Waals surface area contributed by atoms with Crippen LogP contribution in [-0.2, 0) is 19.7 Å². The number of piperidine rings is 1. The van der Waals surface area contributed by atoms with Gasteiger partial charge in [0, 0.05) is 19.6 Å². The van der Waals surface area contributed by atoms with E-state index in [1.54, 1.807) is 6.92 Å². The smallest absolute Gasteiger partial charge is 0.324 e. The highest BCUT2D eigenvalue weighted by Crippen LogP contribution is 2.27. The molecule has 0 radical (unpaired) electrons. The molecule has 2 saturated heterocycles. The van der Waals surface area contributed by atoms with Gasteiger partial charge in [-0.1, -0.05) is 6.92 Å². The number of aliphatic hydroxyl groups is 1. The summed E-state index contributed by atoms with van der Waals surface area (Å²) in [4.78, 5) is 11.9. The number of rotatable bonds is 4. The maximum Gasteiger partial charge on any atom is 0.324 e. The summed E-state index contributed by atoms with van der Waals surface area (Å²) >= 11 is 0. The predicted octanol–water partition coefficient (Wildman–Crippen LogP) is -0.0386. The minimum Gasteiger partial charge on any atom is -0.465 e. The summed E-state index contributed by atoms with van der Waals surface area (Å²) in [5.74, 6) is -0.569. The zero-order valence-corrected chi connectivity index (χ0v) is 13.4. The Morgan fingerprint density at radius 2 is 2.05 bits per heavy atom. The number of nitrogens with zero attached hydrogens (tertiary/aromatic N) is 2. The first-order chi connectivity index (χ1) is 9.87. The van der Waals surface area contributed by atoms with Gasteiger partial charge in [-0.15, -0.1) is 0 Å². The molecule has 0 spiro atoms. The van der Waals surface area contributed by atoms with Gasteiger partial charge in [-0.25, -0.2) is 0 Å². The summed E-state index contributed by atoms with van der Waals surface area (Å²) in [7, 11) is -3.68. The van der Waals surface area contributed by atoms with Crippen LogP contribution in [0.3, 0.4) is 0 Å². The molecule has 0 saturated carbocycles. The lowest BCUT2D eigenvalue weighted by molar-refractivity contribution is -0.147. The van der Waals surface area contributed by atoms with Gasteiger partial charge in [0.1, 0.15) is 6.04 Å². The number of aliphatic hydroxyl groups excluding tert-OH is 1. The molecule has 0 aromatic carbocycles. The molecule has 0 aliphatic carbocycles. The highest BCUT2D eigenvalue weighted by atomic mass is 32.2. The zero-order valence-electron chi connectivity index (χ0n) is 12.6. The number of esters is 1. The van der Waals surface area contributed by atoms with Gasteiger partial charge in [-0.3, -0.25) is 4.79 Å². The molecule has 0 amide bonds. The minimum absolute atomic E-state index is 0.0998. The van der Waals surface area contributed by atoms with E-state index in [2.05, 4.69) is 0 Å². The Morgan fingerprint density at radius 3 is 2.67 bits per heavy atom. The van der Waals surface area contributed by atoms with E-state index in [9.17, 15) is 18.3 Å². The van der Waals surface area contributed by atoms with E-state index >= 15 is 0 Å². The van der Waals surface area contributed by atoms with Gasteiger partial charge in [0.25, 0.3) is 10.2 Å². The lowest BCUT2D eigenvalue weighted by Gasteiger charge is -2.36. The average molecular weight is 320 g/mol. The molecule has 2 aliphatic rings. The molecule has 8 heteroatoms. The Balaban J connectivity index is 2.13. The van der Waals surface area contributed by atoms with Crippen LogP contribution in [0.1, 0.15) is 33.1 Å². The summed E-state index contributed by atoms with van der Waals surface area (Å²) in [6.07, 6.45) is 1.13. The SMILES string of the molecule is CCOC(=O)C1CCCN1S(=O)(=O)N1CCC(O)C(C)C1. The predicted molar refractivity (Wildman–Crippen MR) is 76.6 cm³/mol. The Hall–Kier alpha value is -0.700. The summed E-state index contributed by atoms with van der Waals surface area (Å²) < 4.78 is 33.1. The molecule has 0 aromatic rings. The van der Waals surface area contributed by atoms with Gasteiger partial charge in [0.2, 0.25) is 0 Å². The van der Waals surface area contributed by atoms with Gasteiger partial charge >= 0.3 is 5.97 Å². The maximum atomic E-state index is 12.7.